The SMILES string of the molecule is Cc1ccc(C(=O)N2CCC[C@@H](Oc3ncc(C(F)(F)F)cc3F)C2)c(-n2nccn2)n1. The molecule has 1 atom stereocenters. The number of rotatable bonds is 4. The Kier molecular flexibility index (Phi) is 5.76. The summed E-state index contributed by atoms with van der Waals surface area (Å²) in [6.07, 6.45) is -0.826. The van der Waals surface area contributed by atoms with Gasteiger partial charge in [-0.3, -0.25) is 4.79 Å². The Bertz CT molecular complexity index is 1120. The highest BCUT2D eigenvalue weighted by Gasteiger charge is 2.33. The zero-order chi connectivity index (χ0) is 22.9. The van der Waals surface area contributed by atoms with Crippen molar-refractivity contribution in [2.75, 3.05) is 13.1 Å². The zero-order valence-corrected chi connectivity index (χ0v) is 16.9. The van der Waals surface area contributed by atoms with E-state index < -0.39 is 29.5 Å². The van der Waals surface area contributed by atoms with Gasteiger partial charge in [0.1, 0.15) is 6.10 Å². The van der Waals surface area contributed by atoms with Crippen molar-refractivity contribution in [1.82, 2.24) is 29.9 Å². The van der Waals surface area contributed by atoms with Gasteiger partial charge in [-0.2, -0.15) is 23.4 Å². The lowest BCUT2D eigenvalue weighted by molar-refractivity contribution is -0.138. The van der Waals surface area contributed by atoms with Gasteiger partial charge in [-0.05, 0) is 38.0 Å². The molecule has 4 heterocycles. The van der Waals surface area contributed by atoms with Crippen molar-refractivity contribution in [2.45, 2.75) is 32.0 Å². The second kappa shape index (κ2) is 8.52. The largest absolute Gasteiger partial charge is 0.470 e. The van der Waals surface area contributed by atoms with E-state index in [1.807, 2.05) is 0 Å². The van der Waals surface area contributed by atoms with Crippen molar-refractivity contribution < 1.29 is 27.1 Å². The van der Waals surface area contributed by atoms with Crippen LogP contribution in [0.3, 0.4) is 0 Å². The summed E-state index contributed by atoms with van der Waals surface area (Å²) >= 11 is 0. The van der Waals surface area contributed by atoms with Gasteiger partial charge in [0, 0.05) is 18.4 Å². The quantitative estimate of drug-likeness (QED) is 0.568. The lowest BCUT2D eigenvalue weighted by atomic mass is 10.1. The second-order valence-electron chi connectivity index (χ2n) is 7.28. The van der Waals surface area contributed by atoms with Gasteiger partial charge < -0.3 is 9.64 Å². The first kappa shape index (κ1) is 21.7. The molecule has 0 radical (unpaired) electrons. The Balaban J connectivity index is 1.51. The number of alkyl halides is 3. The lowest BCUT2D eigenvalue weighted by Gasteiger charge is -2.33. The van der Waals surface area contributed by atoms with E-state index in [1.165, 1.54) is 22.1 Å². The van der Waals surface area contributed by atoms with Gasteiger partial charge in [-0.15, -0.1) is 4.80 Å². The summed E-state index contributed by atoms with van der Waals surface area (Å²) in [4.78, 5) is 23.8. The van der Waals surface area contributed by atoms with E-state index in [-0.39, 0.29) is 23.8 Å². The number of carbonyl (C=O) groups is 1. The summed E-state index contributed by atoms with van der Waals surface area (Å²) in [5.74, 6) is -1.80. The van der Waals surface area contributed by atoms with Crippen LogP contribution in [0.5, 0.6) is 5.88 Å². The van der Waals surface area contributed by atoms with Crippen molar-refractivity contribution in [1.29, 1.82) is 0 Å². The molecule has 3 aromatic heterocycles. The third-order valence-corrected chi connectivity index (χ3v) is 4.93. The van der Waals surface area contributed by atoms with E-state index in [0.29, 0.717) is 37.3 Å². The van der Waals surface area contributed by atoms with Crippen molar-refractivity contribution in [3.8, 4) is 11.7 Å². The molecule has 0 spiro atoms. The molecule has 0 unspecified atom stereocenters. The molecule has 1 amide bonds. The Morgan fingerprint density at radius 2 is 1.97 bits per heavy atom. The van der Waals surface area contributed by atoms with Gasteiger partial charge in [0.15, 0.2) is 11.6 Å². The fourth-order valence-electron chi connectivity index (χ4n) is 3.40. The average molecular weight is 450 g/mol. The van der Waals surface area contributed by atoms with Gasteiger partial charge in [0.2, 0.25) is 0 Å². The van der Waals surface area contributed by atoms with Crippen LogP contribution in [0.4, 0.5) is 17.6 Å². The molecule has 0 N–H and O–H groups in total. The first-order chi connectivity index (χ1) is 15.2. The number of aromatic nitrogens is 5. The average Bonchev–Trinajstić information content (AvgIpc) is 3.29. The van der Waals surface area contributed by atoms with Crippen molar-refractivity contribution >= 4 is 5.91 Å². The normalized spacial score (nSPS) is 16.8. The molecular formula is C20H18F4N6O2. The monoisotopic (exact) mass is 450 g/mol. The molecule has 1 fully saturated rings. The fourth-order valence-corrected chi connectivity index (χ4v) is 3.40. The highest BCUT2D eigenvalue weighted by Crippen LogP contribution is 2.31. The van der Waals surface area contributed by atoms with Gasteiger partial charge in [0.05, 0.1) is 30.1 Å². The van der Waals surface area contributed by atoms with E-state index in [1.54, 1.807) is 19.1 Å². The molecule has 0 aromatic carbocycles. The first-order valence-electron chi connectivity index (χ1n) is 9.75. The zero-order valence-electron chi connectivity index (χ0n) is 16.9. The summed E-state index contributed by atoms with van der Waals surface area (Å²) in [6.45, 7) is 2.32. The highest BCUT2D eigenvalue weighted by molar-refractivity contribution is 5.97. The number of hydrogen-bond donors (Lipinski definition) is 0. The van der Waals surface area contributed by atoms with E-state index in [2.05, 4.69) is 20.2 Å². The third-order valence-electron chi connectivity index (χ3n) is 4.93. The Hall–Kier alpha value is -3.57. The number of piperidine rings is 1. The number of nitrogens with zero attached hydrogens (tertiary/aromatic N) is 6. The molecule has 4 rings (SSSR count). The van der Waals surface area contributed by atoms with Gasteiger partial charge in [-0.1, -0.05) is 0 Å². The number of halogens is 4. The Labute approximate surface area is 179 Å². The molecule has 0 saturated carbocycles. The van der Waals surface area contributed by atoms with Crippen LogP contribution in [0.2, 0.25) is 0 Å². The summed E-state index contributed by atoms with van der Waals surface area (Å²) in [5, 5.41) is 8.08. The van der Waals surface area contributed by atoms with Crippen molar-refractivity contribution in [3.63, 3.8) is 0 Å². The van der Waals surface area contributed by atoms with Crippen LogP contribution in [0.15, 0.2) is 36.8 Å². The molecule has 0 aliphatic carbocycles. The minimum Gasteiger partial charge on any atom is -0.470 e. The first-order valence-corrected chi connectivity index (χ1v) is 9.75. The molecule has 168 valence electrons. The van der Waals surface area contributed by atoms with Crippen molar-refractivity contribution in [3.05, 3.63) is 59.4 Å². The molecule has 0 bridgehead atoms. The molecule has 1 saturated heterocycles. The highest BCUT2D eigenvalue weighted by atomic mass is 19.4. The molecule has 1 aliphatic rings. The van der Waals surface area contributed by atoms with Crippen LogP contribution < -0.4 is 4.74 Å². The maximum atomic E-state index is 14.1. The Morgan fingerprint density at radius 1 is 1.22 bits per heavy atom. The minimum absolute atomic E-state index is 0.112. The number of likely N-dealkylation sites (tertiary alicyclic amines) is 1. The van der Waals surface area contributed by atoms with Crippen LogP contribution in [-0.4, -0.2) is 55.0 Å². The Morgan fingerprint density at radius 3 is 2.66 bits per heavy atom. The predicted molar refractivity (Wildman–Crippen MR) is 103 cm³/mol. The standard InChI is InChI=1S/C20H18F4N6O2/c1-12-4-5-15(17(28-12)30-26-6-7-27-30)19(31)29-8-2-3-14(11-29)32-18-16(21)9-13(10-25-18)20(22,23)24/h4-7,9-10,14H,2-3,8,11H2,1H3/t14-/m1/s1. The minimum atomic E-state index is -4.70. The summed E-state index contributed by atoms with van der Waals surface area (Å²) in [6, 6.07) is 3.67. The van der Waals surface area contributed by atoms with Crippen LogP contribution in [0.1, 0.15) is 34.5 Å². The maximum Gasteiger partial charge on any atom is 0.417 e. The van der Waals surface area contributed by atoms with Crippen LogP contribution in [-0.2, 0) is 6.18 Å². The molecule has 8 nitrogen and oxygen atoms in total. The fraction of sp³-hybridized carbons (Fsp3) is 0.350. The van der Waals surface area contributed by atoms with Crippen molar-refractivity contribution in [2.24, 2.45) is 0 Å². The number of amides is 1. The molecule has 3 aromatic rings. The number of ether oxygens (including phenoxy) is 1. The predicted octanol–water partition coefficient (Wildman–Crippen LogP) is 3.21. The molecular weight excluding hydrogens is 432 g/mol. The van der Waals surface area contributed by atoms with E-state index in [0.717, 1.165) is 0 Å². The van der Waals surface area contributed by atoms with Crippen LogP contribution >= 0.6 is 0 Å². The summed E-state index contributed by atoms with van der Waals surface area (Å²) < 4.78 is 57.7. The topological polar surface area (TPSA) is 86.0 Å². The molecule has 32 heavy (non-hydrogen) atoms. The molecule has 12 heteroatoms. The number of aryl methyl sites for hydroxylation is 1. The van der Waals surface area contributed by atoms with Crippen LogP contribution in [0.25, 0.3) is 5.82 Å². The maximum absolute atomic E-state index is 14.1. The van der Waals surface area contributed by atoms with Gasteiger partial charge in [-0.25, -0.2) is 14.4 Å². The van der Waals surface area contributed by atoms with E-state index in [4.69, 9.17) is 4.74 Å². The van der Waals surface area contributed by atoms with Gasteiger partial charge >= 0.3 is 6.18 Å². The molecule has 1 aliphatic heterocycles. The summed E-state index contributed by atoms with van der Waals surface area (Å²) in [5.41, 5.74) is -0.238. The van der Waals surface area contributed by atoms with E-state index >= 15 is 0 Å². The lowest BCUT2D eigenvalue weighted by Crippen LogP contribution is -2.45. The summed E-state index contributed by atoms with van der Waals surface area (Å²) in [7, 11) is 0. The third kappa shape index (κ3) is 4.53. The smallest absolute Gasteiger partial charge is 0.417 e. The number of hydrogen-bond acceptors (Lipinski definition) is 6. The van der Waals surface area contributed by atoms with E-state index in [9.17, 15) is 22.4 Å². The van der Waals surface area contributed by atoms with Crippen LogP contribution in [0, 0.1) is 12.7 Å². The van der Waals surface area contributed by atoms with Gasteiger partial charge in [0.25, 0.3) is 11.8 Å². The second-order valence-corrected chi connectivity index (χ2v) is 7.28. The number of pyridine rings is 2. The number of carbonyl (C=O) groups excluding carboxylic acids is 1.